The van der Waals surface area contributed by atoms with E-state index in [1.54, 1.807) is 19.2 Å². The molecule has 7 nitrogen and oxygen atoms in total. The van der Waals surface area contributed by atoms with E-state index < -0.39 is 9.84 Å². The minimum atomic E-state index is -3.25. The Hall–Kier alpha value is -2.35. The SMILES string of the molecule is CCS(=O)(=O)c1ccc2oc(NCc3ncc(C)n3C)nc2c1. The molecule has 3 rings (SSSR count). The molecular weight excluding hydrogens is 316 g/mol. The number of hydrogen-bond acceptors (Lipinski definition) is 6. The molecule has 3 aromatic rings. The van der Waals surface area contributed by atoms with Crippen molar-refractivity contribution >= 4 is 27.0 Å². The average molecular weight is 334 g/mol. The summed E-state index contributed by atoms with van der Waals surface area (Å²) in [6.45, 7) is 4.06. The average Bonchev–Trinajstić information content (AvgIpc) is 3.08. The normalized spacial score (nSPS) is 12.0. The van der Waals surface area contributed by atoms with Gasteiger partial charge in [0, 0.05) is 18.9 Å². The van der Waals surface area contributed by atoms with Crippen LogP contribution in [0.1, 0.15) is 18.4 Å². The van der Waals surface area contributed by atoms with E-state index in [4.69, 9.17) is 4.42 Å². The lowest BCUT2D eigenvalue weighted by atomic mass is 10.3. The van der Waals surface area contributed by atoms with Gasteiger partial charge in [-0.15, -0.1) is 0 Å². The van der Waals surface area contributed by atoms with Gasteiger partial charge in [-0.25, -0.2) is 13.4 Å². The summed E-state index contributed by atoms with van der Waals surface area (Å²) < 4.78 is 31.4. The fourth-order valence-corrected chi connectivity index (χ4v) is 3.11. The van der Waals surface area contributed by atoms with Crippen molar-refractivity contribution in [3.63, 3.8) is 0 Å². The van der Waals surface area contributed by atoms with E-state index in [0.717, 1.165) is 11.5 Å². The van der Waals surface area contributed by atoms with Crippen LogP contribution in [-0.2, 0) is 23.4 Å². The van der Waals surface area contributed by atoms with Crippen molar-refractivity contribution in [3.05, 3.63) is 35.9 Å². The van der Waals surface area contributed by atoms with Crippen molar-refractivity contribution in [2.24, 2.45) is 7.05 Å². The molecule has 0 fully saturated rings. The van der Waals surface area contributed by atoms with Gasteiger partial charge in [0.25, 0.3) is 6.01 Å². The van der Waals surface area contributed by atoms with E-state index in [0.29, 0.717) is 23.7 Å². The summed E-state index contributed by atoms with van der Waals surface area (Å²) in [6, 6.07) is 5.04. The van der Waals surface area contributed by atoms with E-state index in [1.165, 1.54) is 12.1 Å². The van der Waals surface area contributed by atoms with Crippen molar-refractivity contribution in [2.75, 3.05) is 11.1 Å². The Morgan fingerprint density at radius 1 is 1.35 bits per heavy atom. The zero-order valence-electron chi connectivity index (χ0n) is 13.2. The number of aromatic nitrogens is 3. The number of benzene rings is 1. The molecule has 0 bridgehead atoms. The molecule has 8 heteroatoms. The first-order valence-electron chi connectivity index (χ1n) is 7.25. The zero-order chi connectivity index (χ0) is 16.6. The number of rotatable bonds is 5. The molecular formula is C15H18N4O3S. The lowest BCUT2D eigenvalue weighted by Gasteiger charge is -2.03. The Morgan fingerprint density at radius 2 is 2.13 bits per heavy atom. The first-order valence-corrected chi connectivity index (χ1v) is 8.90. The number of nitrogens with one attached hydrogen (secondary N) is 1. The monoisotopic (exact) mass is 334 g/mol. The van der Waals surface area contributed by atoms with Gasteiger partial charge in [0.15, 0.2) is 15.4 Å². The predicted molar refractivity (Wildman–Crippen MR) is 87.0 cm³/mol. The highest BCUT2D eigenvalue weighted by molar-refractivity contribution is 7.91. The minimum absolute atomic E-state index is 0.0555. The van der Waals surface area contributed by atoms with Crippen molar-refractivity contribution in [1.29, 1.82) is 0 Å². The van der Waals surface area contributed by atoms with Gasteiger partial charge in [-0.1, -0.05) is 6.92 Å². The third kappa shape index (κ3) is 2.94. The number of nitrogens with zero attached hydrogens (tertiary/aromatic N) is 3. The summed E-state index contributed by atoms with van der Waals surface area (Å²) in [5, 5.41) is 3.07. The molecule has 1 aromatic carbocycles. The van der Waals surface area contributed by atoms with Crippen molar-refractivity contribution in [1.82, 2.24) is 14.5 Å². The molecule has 0 saturated carbocycles. The first-order chi connectivity index (χ1) is 10.9. The van der Waals surface area contributed by atoms with E-state index in [9.17, 15) is 8.42 Å². The van der Waals surface area contributed by atoms with Crippen LogP contribution in [0.5, 0.6) is 0 Å². The number of aryl methyl sites for hydroxylation is 1. The van der Waals surface area contributed by atoms with Crippen LogP contribution in [0.4, 0.5) is 6.01 Å². The molecule has 0 aliphatic heterocycles. The third-order valence-electron chi connectivity index (χ3n) is 3.81. The molecule has 0 radical (unpaired) electrons. The molecule has 2 aromatic heterocycles. The number of hydrogen-bond donors (Lipinski definition) is 1. The zero-order valence-corrected chi connectivity index (χ0v) is 14.0. The van der Waals surface area contributed by atoms with Crippen molar-refractivity contribution in [2.45, 2.75) is 25.3 Å². The van der Waals surface area contributed by atoms with Gasteiger partial charge in [-0.3, -0.25) is 0 Å². The standard InChI is InChI=1S/C15H18N4O3S/c1-4-23(20,21)11-5-6-13-12(7-11)18-15(22-13)17-9-14-16-8-10(2)19(14)3/h5-8H,4,9H2,1-3H3,(H,17,18). The summed E-state index contributed by atoms with van der Waals surface area (Å²) in [4.78, 5) is 8.84. The second kappa shape index (κ2) is 5.69. The summed E-state index contributed by atoms with van der Waals surface area (Å²) in [5.74, 6) is 0.916. The smallest absolute Gasteiger partial charge is 0.296 e. The maximum absolute atomic E-state index is 11.9. The van der Waals surface area contributed by atoms with Crippen LogP contribution in [0.25, 0.3) is 11.1 Å². The summed E-state index contributed by atoms with van der Waals surface area (Å²) in [6.07, 6.45) is 1.80. The maximum Gasteiger partial charge on any atom is 0.296 e. The van der Waals surface area contributed by atoms with E-state index in [-0.39, 0.29) is 10.6 Å². The number of imidazole rings is 1. The molecule has 0 unspecified atom stereocenters. The molecule has 0 saturated heterocycles. The molecule has 0 spiro atoms. The largest absolute Gasteiger partial charge is 0.424 e. The molecule has 0 amide bonds. The molecule has 0 atom stereocenters. The van der Waals surface area contributed by atoms with Crippen LogP contribution < -0.4 is 5.32 Å². The van der Waals surface area contributed by atoms with Crippen molar-refractivity contribution < 1.29 is 12.8 Å². The molecule has 0 aliphatic rings. The Morgan fingerprint density at radius 3 is 2.78 bits per heavy atom. The highest BCUT2D eigenvalue weighted by atomic mass is 32.2. The van der Waals surface area contributed by atoms with Gasteiger partial charge in [0.1, 0.15) is 11.3 Å². The molecule has 0 aliphatic carbocycles. The van der Waals surface area contributed by atoms with Gasteiger partial charge < -0.3 is 14.3 Å². The van der Waals surface area contributed by atoms with E-state index in [1.807, 2.05) is 18.5 Å². The fourth-order valence-electron chi connectivity index (χ4n) is 2.21. The lowest BCUT2D eigenvalue weighted by molar-refractivity contribution is 0.597. The maximum atomic E-state index is 11.9. The number of fused-ring (bicyclic) bond motifs is 1. The van der Waals surface area contributed by atoms with Crippen LogP contribution in [0.15, 0.2) is 33.7 Å². The predicted octanol–water partition coefficient (Wildman–Crippen LogP) is 2.28. The quantitative estimate of drug-likeness (QED) is 0.770. The first kappa shape index (κ1) is 15.5. The Bertz CT molecular complexity index is 956. The summed E-state index contributed by atoms with van der Waals surface area (Å²) in [7, 11) is -1.32. The van der Waals surface area contributed by atoms with Gasteiger partial charge in [0.2, 0.25) is 0 Å². The van der Waals surface area contributed by atoms with Crippen LogP contribution >= 0.6 is 0 Å². The second-order valence-corrected chi connectivity index (χ2v) is 7.56. The fraction of sp³-hybridized carbons (Fsp3) is 0.333. The highest BCUT2D eigenvalue weighted by Gasteiger charge is 2.14. The van der Waals surface area contributed by atoms with Gasteiger partial charge in [0.05, 0.1) is 17.2 Å². The molecule has 23 heavy (non-hydrogen) atoms. The van der Waals surface area contributed by atoms with E-state index >= 15 is 0 Å². The second-order valence-electron chi connectivity index (χ2n) is 5.28. The van der Waals surface area contributed by atoms with Gasteiger partial charge in [-0.05, 0) is 25.1 Å². The number of anilines is 1. The molecule has 122 valence electrons. The summed E-state index contributed by atoms with van der Waals surface area (Å²) in [5.41, 5.74) is 2.12. The van der Waals surface area contributed by atoms with Crippen molar-refractivity contribution in [3.8, 4) is 0 Å². The lowest BCUT2D eigenvalue weighted by Crippen LogP contribution is -2.06. The third-order valence-corrected chi connectivity index (χ3v) is 5.54. The Kier molecular flexibility index (Phi) is 3.85. The minimum Gasteiger partial charge on any atom is -0.424 e. The van der Waals surface area contributed by atoms with Crippen LogP contribution in [0.3, 0.4) is 0 Å². The van der Waals surface area contributed by atoms with Crippen LogP contribution in [0, 0.1) is 6.92 Å². The topological polar surface area (TPSA) is 90.0 Å². The van der Waals surface area contributed by atoms with Crippen LogP contribution in [0.2, 0.25) is 0 Å². The summed E-state index contributed by atoms with van der Waals surface area (Å²) >= 11 is 0. The highest BCUT2D eigenvalue weighted by Crippen LogP contribution is 2.23. The van der Waals surface area contributed by atoms with E-state index in [2.05, 4.69) is 15.3 Å². The number of sulfone groups is 1. The number of oxazole rings is 1. The molecule has 1 N–H and O–H groups in total. The van der Waals surface area contributed by atoms with Crippen LogP contribution in [-0.4, -0.2) is 28.7 Å². The van der Waals surface area contributed by atoms with Gasteiger partial charge >= 0.3 is 0 Å². The molecule has 2 heterocycles. The van der Waals surface area contributed by atoms with Gasteiger partial charge in [-0.2, -0.15) is 4.98 Å². The Labute approximate surface area is 134 Å². The Balaban J connectivity index is 1.84.